The largest absolute Gasteiger partial charge is 0.383 e. The lowest BCUT2D eigenvalue weighted by Gasteiger charge is -2.14. The van der Waals surface area contributed by atoms with Crippen LogP contribution in [0.2, 0.25) is 0 Å². The van der Waals surface area contributed by atoms with Crippen molar-refractivity contribution in [3.8, 4) is 0 Å². The summed E-state index contributed by atoms with van der Waals surface area (Å²) >= 11 is 0. The summed E-state index contributed by atoms with van der Waals surface area (Å²) in [6, 6.07) is 15.1. The maximum Gasteiger partial charge on any atom is 0.222 e. The van der Waals surface area contributed by atoms with Crippen LogP contribution >= 0.6 is 0 Å². The monoisotopic (exact) mass is 305 g/mol. The molecule has 0 radical (unpaired) electrons. The van der Waals surface area contributed by atoms with E-state index >= 15 is 0 Å². The number of hydrogen-bond donors (Lipinski definition) is 2. The molecule has 0 aliphatic carbocycles. The second-order valence-corrected chi connectivity index (χ2v) is 6.03. The first kappa shape index (κ1) is 14.0. The van der Waals surface area contributed by atoms with Crippen molar-refractivity contribution < 1.29 is 0 Å². The molecular weight excluding hydrogens is 286 g/mol. The molecule has 1 aliphatic heterocycles. The van der Waals surface area contributed by atoms with Gasteiger partial charge in [-0.2, -0.15) is 4.98 Å². The standard InChI is InChI=1S/C18H19N5/c19-17-15-10-23(11-16(15)21-18(20)22-17)8-7-12-5-6-13-3-1-2-4-14(13)9-12/h1-6,9H,7-8,10-11H2,(H4,19,20,21,22). The lowest BCUT2D eigenvalue weighted by molar-refractivity contribution is 0.287. The highest BCUT2D eigenvalue weighted by atomic mass is 15.2. The molecule has 0 amide bonds. The van der Waals surface area contributed by atoms with Gasteiger partial charge in [-0.05, 0) is 22.8 Å². The number of anilines is 2. The molecule has 0 spiro atoms. The Hall–Kier alpha value is -2.66. The number of nitrogen functional groups attached to an aromatic ring is 2. The van der Waals surface area contributed by atoms with Crippen LogP contribution in [-0.2, 0) is 19.5 Å². The van der Waals surface area contributed by atoms with E-state index in [1.807, 2.05) is 0 Å². The number of nitrogens with two attached hydrogens (primary N) is 2. The minimum absolute atomic E-state index is 0.262. The van der Waals surface area contributed by atoms with Crippen molar-refractivity contribution in [1.29, 1.82) is 0 Å². The van der Waals surface area contributed by atoms with Crippen LogP contribution < -0.4 is 11.5 Å². The Morgan fingerprint density at radius 2 is 1.78 bits per heavy atom. The number of hydrogen-bond acceptors (Lipinski definition) is 5. The highest BCUT2D eigenvalue weighted by Gasteiger charge is 2.23. The molecule has 2 heterocycles. The predicted molar refractivity (Wildman–Crippen MR) is 92.6 cm³/mol. The topological polar surface area (TPSA) is 81.1 Å². The first-order chi connectivity index (χ1) is 11.2. The summed E-state index contributed by atoms with van der Waals surface area (Å²) in [7, 11) is 0. The molecule has 5 nitrogen and oxygen atoms in total. The van der Waals surface area contributed by atoms with Gasteiger partial charge in [0, 0.05) is 25.2 Å². The Morgan fingerprint density at radius 3 is 2.65 bits per heavy atom. The number of nitrogens with zero attached hydrogens (tertiary/aromatic N) is 3. The van der Waals surface area contributed by atoms with E-state index in [0.717, 1.165) is 37.3 Å². The summed E-state index contributed by atoms with van der Waals surface area (Å²) < 4.78 is 0. The number of rotatable bonds is 3. The van der Waals surface area contributed by atoms with Crippen LogP contribution in [0.25, 0.3) is 10.8 Å². The minimum Gasteiger partial charge on any atom is -0.383 e. The maximum atomic E-state index is 5.95. The lowest BCUT2D eigenvalue weighted by Crippen LogP contribution is -2.19. The molecule has 0 atom stereocenters. The van der Waals surface area contributed by atoms with E-state index in [1.165, 1.54) is 16.3 Å². The van der Waals surface area contributed by atoms with Crippen molar-refractivity contribution in [2.45, 2.75) is 19.5 Å². The van der Waals surface area contributed by atoms with Crippen molar-refractivity contribution in [1.82, 2.24) is 14.9 Å². The van der Waals surface area contributed by atoms with Crippen molar-refractivity contribution in [2.75, 3.05) is 18.0 Å². The van der Waals surface area contributed by atoms with Crippen LogP contribution in [0.15, 0.2) is 42.5 Å². The molecule has 5 heteroatoms. The first-order valence-corrected chi connectivity index (χ1v) is 7.80. The van der Waals surface area contributed by atoms with Crippen molar-refractivity contribution in [3.05, 3.63) is 59.3 Å². The molecule has 1 aliphatic rings. The molecule has 23 heavy (non-hydrogen) atoms. The van der Waals surface area contributed by atoms with Gasteiger partial charge >= 0.3 is 0 Å². The summed E-state index contributed by atoms with van der Waals surface area (Å²) in [5.74, 6) is 0.776. The molecule has 4 rings (SSSR count). The fourth-order valence-corrected chi connectivity index (χ4v) is 3.20. The van der Waals surface area contributed by atoms with Gasteiger partial charge in [-0.15, -0.1) is 0 Å². The van der Waals surface area contributed by atoms with E-state index in [4.69, 9.17) is 11.5 Å². The van der Waals surface area contributed by atoms with Crippen LogP contribution in [0.3, 0.4) is 0 Å². The summed E-state index contributed by atoms with van der Waals surface area (Å²) in [6.45, 7) is 2.56. The Bertz CT molecular complexity index is 874. The molecular formula is C18H19N5. The van der Waals surface area contributed by atoms with Gasteiger partial charge in [0.05, 0.1) is 5.69 Å². The molecule has 0 saturated carbocycles. The lowest BCUT2D eigenvalue weighted by atomic mass is 10.1. The second-order valence-electron chi connectivity index (χ2n) is 6.03. The maximum absolute atomic E-state index is 5.95. The molecule has 4 N–H and O–H groups in total. The third kappa shape index (κ3) is 2.71. The third-order valence-corrected chi connectivity index (χ3v) is 4.43. The van der Waals surface area contributed by atoms with Crippen LogP contribution in [0, 0.1) is 0 Å². The van der Waals surface area contributed by atoms with E-state index in [2.05, 4.69) is 57.3 Å². The van der Waals surface area contributed by atoms with Crippen LogP contribution in [-0.4, -0.2) is 21.4 Å². The average Bonchev–Trinajstić information content (AvgIpc) is 2.96. The highest BCUT2D eigenvalue weighted by molar-refractivity contribution is 5.82. The van der Waals surface area contributed by atoms with Gasteiger partial charge in [-0.3, -0.25) is 4.90 Å². The average molecular weight is 305 g/mol. The second kappa shape index (κ2) is 5.52. The molecule has 3 aromatic rings. The van der Waals surface area contributed by atoms with Gasteiger partial charge in [0.1, 0.15) is 5.82 Å². The Balaban J connectivity index is 1.46. The van der Waals surface area contributed by atoms with Crippen molar-refractivity contribution in [2.24, 2.45) is 0 Å². The molecule has 1 aromatic heterocycles. The molecule has 0 saturated heterocycles. The van der Waals surface area contributed by atoms with E-state index < -0.39 is 0 Å². The van der Waals surface area contributed by atoms with E-state index in [0.29, 0.717) is 5.82 Å². The fraction of sp³-hybridized carbons (Fsp3) is 0.222. The number of fused-ring (bicyclic) bond motifs is 2. The SMILES string of the molecule is Nc1nc(N)c2c(n1)CN(CCc1ccc3ccccc3c1)C2. The summed E-state index contributed by atoms with van der Waals surface area (Å²) in [4.78, 5) is 10.7. The molecule has 116 valence electrons. The van der Waals surface area contributed by atoms with Crippen LogP contribution in [0.5, 0.6) is 0 Å². The minimum atomic E-state index is 0.262. The Kier molecular flexibility index (Phi) is 3.35. The first-order valence-electron chi connectivity index (χ1n) is 7.80. The summed E-state index contributed by atoms with van der Waals surface area (Å²) in [5.41, 5.74) is 15.0. The van der Waals surface area contributed by atoms with Crippen LogP contribution in [0.1, 0.15) is 16.8 Å². The van der Waals surface area contributed by atoms with Gasteiger partial charge in [0.15, 0.2) is 0 Å². The quantitative estimate of drug-likeness (QED) is 0.776. The highest BCUT2D eigenvalue weighted by Crippen LogP contribution is 2.26. The van der Waals surface area contributed by atoms with Crippen LogP contribution in [0.4, 0.5) is 11.8 Å². The van der Waals surface area contributed by atoms with E-state index in [-0.39, 0.29) is 5.95 Å². The van der Waals surface area contributed by atoms with Gasteiger partial charge in [0.2, 0.25) is 5.95 Å². The zero-order valence-electron chi connectivity index (χ0n) is 12.9. The Labute approximate surface area is 135 Å². The Morgan fingerprint density at radius 1 is 0.957 bits per heavy atom. The van der Waals surface area contributed by atoms with Crippen molar-refractivity contribution >= 4 is 22.5 Å². The van der Waals surface area contributed by atoms with E-state index in [1.54, 1.807) is 0 Å². The fourth-order valence-electron chi connectivity index (χ4n) is 3.20. The van der Waals surface area contributed by atoms with Crippen molar-refractivity contribution in [3.63, 3.8) is 0 Å². The number of aromatic nitrogens is 2. The third-order valence-electron chi connectivity index (χ3n) is 4.43. The van der Waals surface area contributed by atoms with Gasteiger partial charge in [0.25, 0.3) is 0 Å². The molecule has 0 unspecified atom stereocenters. The zero-order chi connectivity index (χ0) is 15.8. The van der Waals surface area contributed by atoms with E-state index in [9.17, 15) is 0 Å². The zero-order valence-corrected chi connectivity index (χ0v) is 12.9. The van der Waals surface area contributed by atoms with Gasteiger partial charge in [-0.1, -0.05) is 42.5 Å². The smallest absolute Gasteiger partial charge is 0.222 e. The number of benzene rings is 2. The van der Waals surface area contributed by atoms with Gasteiger partial charge in [-0.25, -0.2) is 4.98 Å². The molecule has 0 fully saturated rings. The summed E-state index contributed by atoms with van der Waals surface area (Å²) in [6.07, 6.45) is 1.00. The summed E-state index contributed by atoms with van der Waals surface area (Å²) in [5, 5.41) is 2.57. The molecule has 2 aromatic carbocycles. The predicted octanol–water partition coefficient (Wildman–Crippen LogP) is 2.35. The molecule has 0 bridgehead atoms. The van der Waals surface area contributed by atoms with Gasteiger partial charge < -0.3 is 11.5 Å². The normalized spacial score (nSPS) is 14.3.